The Bertz CT molecular complexity index is 730. The molecule has 0 amide bonds. The number of rotatable bonds is 4. The quantitative estimate of drug-likeness (QED) is 0.729. The van der Waals surface area contributed by atoms with Crippen molar-refractivity contribution in [3.63, 3.8) is 0 Å². The van der Waals surface area contributed by atoms with E-state index in [4.69, 9.17) is 21.1 Å². The van der Waals surface area contributed by atoms with Crippen LogP contribution in [0, 0.1) is 0 Å². The minimum atomic E-state index is -1.21. The Morgan fingerprint density at radius 2 is 1.71 bits per heavy atom. The summed E-state index contributed by atoms with van der Waals surface area (Å²) in [6, 6.07) is 17.1. The fourth-order valence-corrected chi connectivity index (χ4v) is 4.71. The smallest absolute Gasteiger partial charge is 0.198 e. The fraction of sp³-hybridized carbons (Fsp3) is 0.316. The molecule has 126 valence electrons. The summed E-state index contributed by atoms with van der Waals surface area (Å²) in [7, 11) is 1.62. The molecule has 3 rings (SSSR count). The molecule has 0 aromatic heterocycles. The maximum Gasteiger partial charge on any atom is 0.198 e. The molecule has 2 aromatic rings. The summed E-state index contributed by atoms with van der Waals surface area (Å²) < 4.78 is 10.1. The third kappa shape index (κ3) is 3.06. The Hall–Kier alpha value is -1.49. The van der Waals surface area contributed by atoms with E-state index in [0.717, 1.165) is 16.2 Å². The summed E-state index contributed by atoms with van der Waals surface area (Å²) >= 11 is 8.21. The van der Waals surface area contributed by atoms with Crippen LogP contribution in [0.3, 0.4) is 0 Å². The SMILES string of the molecule is COc1ccc([C@H]2OC(C)(C)C(=O)C2(Cl)Sc2ccccc2)cc1. The standard InChI is InChI=1S/C19H19ClO3S/c1-18(2)17(21)19(20,24-15-7-5-4-6-8-15)16(23-18)13-9-11-14(22-3)12-10-13/h4-12,16H,1-3H3/t16-,19?/m1/s1. The minimum absolute atomic E-state index is 0.119. The lowest BCUT2D eigenvalue weighted by Gasteiger charge is -2.25. The van der Waals surface area contributed by atoms with Gasteiger partial charge in [-0.3, -0.25) is 4.79 Å². The van der Waals surface area contributed by atoms with Crippen molar-refractivity contribution in [3.8, 4) is 5.75 Å². The normalized spacial score (nSPS) is 25.7. The number of methoxy groups -OCH3 is 1. The average molecular weight is 363 g/mol. The zero-order valence-corrected chi connectivity index (χ0v) is 15.4. The highest BCUT2D eigenvalue weighted by molar-refractivity contribution is 8.02. The van der Waals surface area contributed by atoms with Crippen molar-refractivity contribution in [1.82, 2.24) is 0 Å². The van der Waals surface area contributed by atoms with Gasteiger partial charge in [0.1, 0.15) is 17.5 Å². The Morgan fingerprint density at radius 3 is 2.29 bits per heavy atom. The van der Waals surface area contributed by atoms with Gasteiger partial charge in [-0.15, -0.1) is 0 Å². The van der Waals surface area contributed by atoms with E-state index in [1.165, 1.54) is 11.8 Å². The Kier molecular flexibility index (Phi) is 4.65. The molecule has 5 heteroatoms. The summed E-state index contributed by atoms with van der Waals surface area (Å²) in [6.45, 7) is 3.53. The molecular formula is C19H19ClO3S. The largest absolute Gasteiger partial charge is 0.497 e. The Balaban J connectivity index is 1.99. The van der Waals surface area contributed by atoms with Crippen molar-refractivity contribution in [3.05, 3.63) is 60.2 Å². The molecule has 1 aliphatic heterocycles. The zero-order chi connectivity index (χ0) is 17.4. The molecule has 1 heterocycles. The molecule has 2 aromatic carbocycles. The molecule has 1 fully saturated rings. The van der Waals surface area contributed by atoms with Gasteiger partial charge >= 0.3 is 0 Å². The number of ether oxygens (including phenoxy) is 2. The summed E-state index contributed by atoms with van der Waals surface area (Å²) in [5.74, 6) is 0.629. The molecule has 1 aliphatic rings. The Morgan fingerprint density at radius 1 is 1.08 bits per heavy atom. The molecule has 2 atom stereocenters. The number of hydrogen-bond acceptors (Lipinski definition) is 4. The van der Waals surface area contributed by atoms with Crippen molar-refractivity contribution >= 4 is 29.1 Å². The number of benzene rings is 2. The van der Waals surface area contributed by atoms with E-state index in [9.17, 15) is 4.79 Å². The van der Waals surface area contributed by atoms with Gasteiger partial charge in [0.15, 0.2) is 9.99 Å². The van der Waals surface area contributed by atoms with E-state index in [-0.39, 0.29) is 5.78 Å². The van der Waals surface area contributed by atoms with E-state index in [1.807, 2.05) is 54.6 Å². The van der Waals surface area contributed by atoms with Gasteiger partial charge in [0.2, 0.25) is 0 Å². The first-order chi connectivity index (χ1) is 11.4. The third-order valence-electron chi connectivity index (χ3n) is 4.03. The molecule has 1 saturated heterocycles. The molecule has 0 spiro atoms. The summed E-state index contributed by atoms with van der Waals surface area (Å²) in [6.07, 6.45) is -0.544. The first kappa shape index (κ1) is 17.3. The summed E-state index contributed by atoms with van der Waals surface area (Å²) in [4.78, 5) is 13.9. The van der Waals surface area contributed by atoms with Crippen LogP contribution in [0.1, 0.15) is 25.5 Å². The maximum absolute atomic E-state index is 13.0. The molecule has 0 radical (unpaired) electrons. The number of carbonyl (C=O) groups is 1. The van der Waals surface area contributed by atoms with E-state index >= 15 is 0 Å². The van der Waals surface area contributed by atoms with Crippen molar-refractivity contribution in [2.24, 2.45) is 0 Å². The number of hydrogen-bond donors (Lipinski definition) is 0. The zero-order valence-electron chi connectivity index (χ0n) is 13.8. The van der Waals surface area contributed by atoms with E-state index in [0.29, 0.717) is 0 Å². The number of thioether (sulfide) groups is 1. The van der Waals surface area contributed by atoms with Crippen molar-refractivity contribution in [2.45, 2.75) is 34.7 Å². The second-order valence-corrected chi connectivity index (χ2v) is 8.31. The maximum atomic E-state index is 13.0. The first-order valence-corrected chi connectivity index (χ1v) is 8.86. The van der Waals surface area contributed by atoms with Crippen LogP contribution in [0.5, 0.6) is 5.75 Å². The van der Waals surface area contributed by atoms with Gasteiger partial charge in [-0.05, 0) is 43.7 Å². The topological polar surface area (TPSA) is 35.5 Å². The molecule has 0 aliphatic carbocycles. The van der Waals surface area contributed by atoms with Gasteiger partial charge in [-0.1, -0.05) is 53.7 Å². The number of halogens is 1. The highest BCUT2D eigenvalue weighted by Gasteiger charge is 2.60. The predicted octanol–water partition coefficient (Wildman–Crippen LogP) is 4.84. The lowest BCUT2D eigenvalue weighted by Crippen LogP contribution is -2.36. The van der Waals surface area contributed by atoms with Crippen LogP contribution < -0.4 is 4.74 Å². The molecule has 24 heavy (non-hydrogen) atoms. The van der Waals surface area contributed by atoms with Gasteiger partial charge in [-0.2, -0.15) is 0 Å². The molecule has 0 saturated carbocycles. The van der Waals surface area contributed by atoms with Crippen molar-refractivity contribution < 1.29 is 14.3 Å². The van der Waals surface area contributed by atoms with Crippen molar-refractivity contribution in [2.75, 3.05) is 7.11 Å². The van der Waals surface area contributed by atoms with E-state index < -0.39 is 15.9 Å². The molecule has 0 N–H and O–H groups in total. The first-order valence-electron chi connectivity index (χ1n) is 7.66. The molecular weight excluding hydrogens is 344 g/mol. The minimum Gasteiger partial charge on any atom is -0.497 e. The van der Waals surface area contributed by atoms with Crippen LogP contribution >= 0.6 is 23.4 Å². The van der Waals surface area contributed by atoms with Crippen LogP contribution in [0.4, 0.5) is 0 Å². The summed E-state index contributed by atoms with van der Waals surface area (Å²) in [5.41, 5.74) is -0.0816. The van der Waals surface area contributed by atoms with Gasteiger partial charge in [0, 0.05) is 4.90 Å². The molecule has 0 bridgehead atoms. The predicted molar refractivity (Wildman–Crippen MR) is 96.8 cm³/mol. The fourth-order valence-electron chi connectivity index (χ4n) is 2.77. The number of Topliss-reactive ketones (excluding diaryl/α,β-unsaturated/α-hetero) is 1. The van der Waals surface area contributed by atoms with Crippen LogP contribution in [-0.2, 0) is 9.53 Å². The third-order valence-corrected chi connectivity index (χ3v) is 5.84. The van der Waals surface area contributed by atoms with Crippen LogP contribution in [-0.4, -0.2) is 22.7 Å². The molecule has 3 nitrogen and oxygen atoms in total. The Labute approximate surface area is 151 Å². The van der Waals surface area contributed by atoms with Gasteiger partial charge in [0.25, 0.3) is 0 Å². The highest BCUT2D eigenvalue weighted by Crippen LogP contribution is 2.56. The second kappa shape index (κ2) is 6.43. The van der Waals surface area contributed by atoms with Gasteiger partial charge in [-0.25, -0.2) is 0 Å². The van der Waals surface area contributed by atoms with Crippen LogP contribution in [0.25, 0.3) is 0 Å². The van der Waals surface area contributed by atoms with E-state index in [2.05, 4.69) is 0 Å². The van der Waals surface area contributed by atoms with E-state index in [1.54, 1.807) is 21.0 Å². The van der Waals surface area contributed by atoms with Gasteiger partial charge < -0.3 is 9.47 Å². The monoisotopic (exact) mass is 362 g/mol. The lowest BCUT2D eigenvalue weighted by molar-refractivity contribution is -0.129. The van der Waals surface area contributed by atoms with Crippen LogP contribution in [0.2, 0.25) is 0 Å². The molecule has 1 unspecified atom stereocenters. The number of carbonyl (C=O) groups excluding carboxylic acids is 1. The second-order valence-electron chi connectivity index (χ2n) is 6.17. The number of ketones is 1. The number of alkyl halides is 1. The van der Waals surface area contributed by atoms with Gasteiger partial charge in [0.05, 0.1) is 7.11 Å². The van der Waals surface area contributed by atoms with Crippen molar-refractivity contribution in [1.29, 1.82) is 0 Å². The highest BCUT2D eigenvalue weighted by atomic mass is 35.5. The average Bonchev–Trinajstić information content (AvgIpc) is 2.76. The lowest BCUT2D eigenvalue weighted by atomic mass is 9.99. The van der Waals surface area contributed by atoms with Crippen LogP contribution in [0.15, 0.2) is 59.5 Å². The summed E-state index contributed by atoms with van der Waals surface area (Å²) in [5, 5.41) is 0.